The molecule has 122 valence electrons. The number of hydrogen-bond acceptors (Lipinski definition) is 4. The molecule has 4 rings (SSSR count). The lowest BCUT2D eigenvalue weighted by Gasteiger charge is -2.30. The molecular weight excluding hydrogens is 308 g/mol. The van der Waals surface area contributed by atoms with E-state index in [1.54, 1.807) is 0 Å². The van der Waals surface area contributed by atoms with Crippen LogP contribution in [-0.2, 0) is 0 Å². The highest BCUT2D eigenvalue weighted by Gasteiger charge is 2.17. The molecule has 0 bridgehead atoms. The quantitative estimate of drug-likeness (QED) is 0.915. The number of fused-ring (bicyclic) bond motifs is 1. The maximum atomic E-state index is 6.54. The molecular formula is C18H23ClN4. The van der Waals surface area contributed by atoms with Crippen molar-refractivity contribution >= 4 is 34.0 Å². The van der Waals surface area contributed by atoms with Crippen LogP contribution in [0.2, 0.25) is 5.02 Å². The average molecular weight is 331 g/mol. The summed E-state index contributed by atoms with van der Waals surface area (Å²) < 4.78 is 0. The zero-order valence-corrected chi connectivity index (χ0v) is 14.1. The predicted octanol–water partition coefficient (Wildman–Crippen LogP) is 3.29. The second-order valence-electron chi connectivity index (χ2n) is 6.46. The first-order valence-corrected chi connectivity index (χ1v) is 9.00. The summed E-state index contributed by atoms with van der Waals surface area (Å²) in [4.78, 5) is 9.58. The lowest BCUT2D eigenvalue weighted by Crippen LogP contribution is -2.44. The highest BCUT2D eigenvalue weighted by atomic mass is 35.5. The van der Waals surface area contributed by atoms with Gasteiger partial charge in [-0.25, -0.2) is 4.98 Å². The Kier molecular flexibility index (Phi) is 4.27. The van der Waals surface area contributed by atoms with Gasteiger partial charge in [-0.3, -0.25) is 0 Å². The average Bonchev–Trinajstić information content (AvgIpc) is 2.62. The van der Waals surface area contributed by atoms with Gasteiger partial charge in [-0.15, -0.1) is 0 Å². The molecule has 0 spiro atoms. The van der Waals surface area contributed by atoms with Crippen LogP contribution in [0.15, 0.2) is 24.3 Å². The van der Waals surface area contributed by atoms with E-state index in [1.807, 2.05) is 0 Å². The summed E-state index contributed by atoms with van der Waals surface area (Å²) in [6, 6.07) is 8.66. The molecule has 23 heavy (non-hydrogen) atoms. The Labute approximate surface area is 142 Å². The monoisotopic (exact) mass is 330 g/mol. The zero-order chi connectivity index (χ0) is 15.6. The van der Waals surface area contributed by atoms with Crippen LogP contribution in [0.3, 0.4) is 0 Å². The van der Waals surface area contributed by atoms with Gasteiger partial charge in [-0.1, -0.05) is 11.6 Å². The molecule has 1 aromatic carbocycles. The molecule has 2 aliphatic heterocycles. The number of halogens is 1. The van der Waals surface area contributed by atoms with E-state index in [9.17, 15) is 0 Å². The van der Waals surface area contributed by atoms with Crippen LogP contribution < -0.4 is 15.1 Å². The van der Waals surface area contributed by atoms with Crippen molar-refractivity contribution in [3.8, 4) is 0 Å². The Balaban J connectivity index is 1.66. The fraction of sp³-hybridized carbons (Fsp3) is 0.500. The van der Waals surface area contributed by atoms with E-state index in [-0.39, 0.29) is 0 Å². The summed E-state index contributed by atoms with van der Waals surface area (Å²) in [5, 5.41) is 5.26. The summed E-state index contributed by atoms with van der Waals surface area (Å²) in [5.41, 5.74) is 2.33. The first-order valence-electron chi connectivity index (χ1n) is 8.62. The number of rotatable bonds is 2. The van der Waals surface area contributed by atoms with E-state index in [4.69, 9.17) is 16.6 Å². The van der Waals surface area contributed by atoms with E-state index in [2.05, 4.69) is 39.4 Å². The van der Waals surface area contributed by atoms with E-state index in [0.717, 1.165) is 61.0 Å². The zero-order valence-electron chi connectivity index (χ0n) is 13.4. The van der Waals surface area contributed by atoms with Gasteiger partial charge in [0.25, 0.3) is 0 Å². The van der Waals surface area contributed by atoms with Crippen molar-refractivity contribution in [3.05, 3.63) is 29.3 Å². The van der Waals surface area contributed by atoms with Crippen LogP contribution in [0.5, 0.6) is 0 Å². The number of piperidine rings is 1. The predicted molar refractivity (Wildman–Crippen MR) is 97.9 cm³/mol. The number of anilines is 2. The van der Waals surface area contributed by atoms with Crippen LogP contribution in [0.1, 0.15) is 19.3 Å². The van der Waals surface area contributed by atoms with E-state index in [1.165, 1.54) is 24.9 Å². The maximum absolute atomic E-state index is 6.54. The number of pyridine rings is 1. The normalized spacial score (nSPS) is 19.3. The molecule has 2 saturated heterocycles. The van der Waals surface area contributed by atoms with Gasteiger partial charge in [0.05, 0.1) is 10.5 Å². The van der Waals surface area contributed by atoms with Gasteiger partial charge in [0.2, 0.25) is 0 Å². The second-order valence-corrected chi connectivity index (χ2v) is 6.86. The van der Waals surface area contributed by atoms with Crippen molar-refractivity contribution in [2.45, 2.75) is 19.3 Å². The summed E-state index contributed by atoms with van der Waals surface area (Å²) in [5.74, 6) is 0.923. The third-order valence-corrected chi connectivity index (χ3v) is 5.15. The first kappa shape index (κ1) is 15.0. The number of hydrogen-bond donors (Lipinski definition) is 1. The minimum absolute atomic E-state index is 0.759. The minimum Gasteiger partial charge on any atom is -0.372 e. The van der Waals surface area contributed by atoms with Gasteiger partial charge >= 0.3 is 0 Å². The van der Waals surface area contributed by atoms with Crippen molar-refractivity contribution in [1.82, 2.24) is 10.3 Å². The summed E-state index contributed by atoms with van der Waals surface area (Å²) in [7, 11) is 0. The molecule has 2 aromatic rings. The Bertz CT molecular complexity index is 691. The number of piperazine rings is 1. The Hall–Kier alpha value is -1.52. The van der Waals surface area contributed by atoms with Gasteiger partial charge in [-0.05, 0) is 43.5 Å². The van der Waals surface area contributed by atoms with Crippen molar-refractivity contribution < 1.29 is 0 Å². The fourth-order valence-electron chi connectivity index (χ4n) is 3.58. The number of nitrogens with zero attached hydrogens (tertiary/aromatic N) is 3. The number of aromatic nitrogens is 1. The Morgan fingerprint density at radius 3 is 2.48 bits per heavy atom. The van der Waals surface area contributed by atoms with Crippen LogP contribution in [0.25, 0.3) is 10.9 Å². The van der Waals surface area contributed by atoms with Gasteiger partial charge in [-0.2, -0.15) is 0 Å². The fourth-order valence-corrected chi connectivity index (χ4v) is 3.85. The van der Waals surface area contributed by atoms with Crippen LogP contribution in [0.4, 0.5) is 11.5 Å². The minimum atomic E-state index is 0.759. The summed E-state index contributed by atoms with van der Waals surface area (Å²) >= 11 is 6.54. The van der Waals surface area contributed by atoms with Gasteiger partial charge in [0.15, 0.2) is 0 Å². The lowest BCUT2D eigenvalue weighted by atomic mass is 10.1. The number of nitrogens with one attached hydrogen (secondary N) is 1. The Morgan fingerprint density at radius 2 is 1.70 bits per heavy atom. The van der Waals surface area contributed by atoms with Gasteiger partial charge in [0, 0.05) is 50.3 Å². The summed E-state index contributed by atoms with van der Waals surface area (Å²) in [6.07, 6.45) is 3.93. The third kappa shape index (κ3) is 3.10. The third-order valence-electron chi connectivity index (χ3n) is 4.87. The SMILES string of the molecule is Clc1cc2cc(N3CCCCC3)ccc2nc1N1CCNCC1. The van der Waals surface area contributed by atoms with Crippen LogP contribution >= 0.6 is 11.6 Å². The molecule has 1 aromatic heterocycles. The standard InChI is InChI=1S/C18H23ClN4/c19-16-13-14-12-15(22-8-2-1-3-9-22)4-5-17(14)21-18(16)23-10-6-20-7-11-23/h4-5,12-13,20H,1-3,6-11H2. The maximum Gasteiger partial charge on any atom is 0.148 e. The Morgan fingerprint density at radius 1 is 0.913 bits per heavy atom. The van der Waals surface area contributed by atoms with Crippen molar-refractivity contribution in [3.63, 3.8) is 0 Å². The van der Waals surface area contributed by atoms with E-state index < -0.39 is 0 Å². The molecule has 0 atom stereocenters. The molecule has 2 fully saturated rings. The second kappa shape index (κ2) is 6.54. The largest absolute Gasteiger partial charge is 0.372 e. The molecule has 0 radical (unpaired) electrons. The first-order chi connectivity index (χ1) is 11.3. The molecule has 2 aliphatic rings. The summed E-state index contributed by atoms with van der Waals surface area (Å²) in [6.45, 7) is 6.22. The molecule has 0 aliphatic carbocycles. The topological polar surface area (TPSA) is 31.4 Å². The van der Waals surface area contributed by atoms with E-state index in [0.29, 0.717) is 0 Å². The van der Waals surface area contributed by atoms with Gasteiger partial charge < -0.3 is 15.1 Å². The van der Waals surface area contributed by atoms with Gasteiger partial charge in [0.1, 0.15) is 5.82 Å². The van der Waals surface area contributed by atoms with Crippen LogP contribution in [-0.4, -0.2) is 44.3 Å². The lowest BCUT2D eigenvalue weighted by molar-refractivity contribution is 0.578. The molecule has 3 heterocycles. The molecule has 0 saturated carbocycles. The number of benzene rings is 1. The highest BCUT2D eigenvalue weighted by Crippen LogP contribution is 2.31. The molecule has 4 nitrogen and oxygen atoms in total. The molecule has 1 N–H and O–H groups in total. The van der Waals surface area contributed by atoms with E-state index >= 15 is 0 Å². The highest BCUT2D eigenvalue weighted by molar-refractivity contribution is 6.33. The molecule has 0 amide bonds. The van der Waals surface area contributed by atoms with Crippen molar-refractivity contribution in [1.29, 1.82) is 0 Å². The van der Waals surface area contributed by atoms with Crippen LogP contribution in [0, 0.1) is 0 Å². The van der Waals surface area contributed by atoms with Crippen molar-refractivity contribution in [2.75, 3.05) is 49.1 Å². The smallest absolute Gasteiger partial charge is 0.148 e. The molecule has 0 unspecified atom stereocenters. The van der Waals surface area contributed by atoms with Crippen molar-refractivity contribution in [2.24, 2.45) is 0 Å². The molecule has 5 heteroatoms.